The van der Waals surface area contributed by atoms with Gasteiger partial charge in [0.1, 0.15) is 16.9 Å². The molecule has 0 aliphatic carbocycles. The van der Waals surface area contributed by atoms with E-state index < -0.39 is 41.0 Å². The van der Waals surface area contributed by atoms with Crippen LogP contribution in [0.25, 0.3) is 11.0 Å². The summed E-state index contributed by atoms with van der Waals surface area (Å²) in [6.45, 7) is 10.3. The molecule has 2 aromatic rings. The van der Waals surface area contributed by atoms with Crippen molar-refractivity contribution in [3.8, 4) is 5.75 Å². The zero-order chi connectivity index (χ0) is 23.4. The number of carbonyl (C=O) groups is 2. The highest BCUT2D eigenvalue weighted by molar-refractivity contribution is 5.88. The van der Waals surface area contributed by atoms with E-state index in [0.717, 1.165) is 0 Å². The summed E-state index contributed by atoms with van der Waals surface area (Å²) in [5.74, 6) is -0.713. The molecule has 170 valence electrons. The van der Waals surface area contributed by atoms with Gasteiger partial charge in [-0.2, -0.15) is 0 Å². The second kappa shape index (κ2) is 7.48. The van der Waals surface area contributed by atoms with Gasteiger partial charge >= 0.3 is 17.6 Å². The first-order valence-corrected chi connectivity index (χ1v) is 10.5. The Morgan fingerprint density at radius 1 is 1.12 bits per heavy atom. The van der Waals surface area contributed by atoms with Crippen molar-refractivity contribution in [2.24, 2.45) is 0 Å². The quantitative estimate of drug-likeness (QED) is 0.306. The van der Waals surface area contributed by atoms with Crippen LogP contribution in [-0.4, -0.2) is 35.3 Å². The zero-order valence-corrected chi connectivity index (χ0v) is 18.9. The average molecular weight is 442 g/mol. The van der Waals surface area contributed by atoms with Crippen molar-refractivity contribution in [1.29, 1.82) is 0 Å². The van der Waals surface area contributed by atoms with Crippen molar-refractivity contribution in [3.05, 3.63) is 51.9 Å². The van der Waals surface area contributed by atoms with E-state index in [0.29, 0.717) is 27.9 Å². The van der Waals surface area contributed by atoms with Crippen LogP contribution in [0.1, 0.15) is 53.2 Å². The monoisotopic (exact) mass is 442 g/mol. The molecular weight excluding hydrogens is 416 g/mol. The van der Waals surface area contributed by atoms with Gasteiger partial charge in [-0.1, -0.05) is 6.08 Å². The predicted molar refractivity (Wildman–Crippen MR) is 114 cm³/mol. The van der Waals surface area contributed by atoms with Crippen LogP contribution in [0.4, 0.5) is 0 Å². The van der Waals surface area contributed by atoms with E-state index in [4.69, 9.17) is 23.4 Å². The van der Waals surface area contributed by atoms with Gasteiger partial charge in [0.25, 0.3) is 0 Å². The summed E-state index contributed by atoms with van der Waals surface area (Å²) in [4.78, 5) is 37.2. The Morgan fingerprint density at radius 2 is 1.81 bits per heavy atom. The third-order valence-corrected chi connectivity index (χ3v) is 6.16. The van der Waals surface area contributed by atoms with Crippen molar-refractivity contribution in [2.45, 2.75) is 71.1 Å². The van der Waals surface area contributed by atoms with E-state index in [-0.39, 0.29) is 6.10 Å². The fraction of sp³-hybridized carbons (Fsp3) is 0.458. The van der Waals surface area contributed by atoms with E-state index in [2.05, 4.69) is 0 Å². The molecular formula is C24H26O8. The van der Waals surface area contributed by atoms with E-state index in [1.54, 1.807) is 65.8 Å². The van der Waals surface area contributed by atoms with Crippen LogP contribution in [0.15, 0.2) is 45.1 Å². The van der Waals surface area contributed by atoms with Gasteiger partial charge in [0.2, 0.25) is 0 Å². The molecule has 0 N–H and O–H groups in total. The van der Waals surface area contributed by atoms with Crippen LogP contribution in [0.2, 0.25) is 0 Å². The van der Waals surface area contributed by atoms with Crippen LogP contribution in [-0.2, 0) is 23.8 Å². The molecule has 4 rings (SSSR count). The molecule has 0 amide bonds. The lowest BCUT2D eigenvalue weighted by molar-refractivity contribution is -0.190. The van der Waals surface area contributed by atoms with Gasteiger partial charge in [-0.3, -0.25) is 0 Å². The Kier molecular flexibility index (Phi) is 5.16. The third-order valence-electron chi connectivity index (χ3n) is 6.16. The maximum absolute atomic E-state index is 13.0. The van der Waals surface area contributed by atoms with Crippen LogP contribution in [0.5, 0.6) is 5.75 Å². The standard InChI is InChI=1S/C24H26O8/c1-7-12(2)21(26)30-20-19(29-22(27)24(6)13(3)31-24)15-10-14-8-9-18(25)28-16(14)11-17(15)32-23(20,4)5/h7-11,13,19-20H,1-6H3/b12-7-/t13-,19-,20-,24+/m1/s1. The van der Waals surface area contributed by atoms with Gasteiger partial charge < -0.3 is 23.4 Å². The topological polar surface area (TPSA) is 105 Å². The van der Waals surface area contributed by atoms with Crippen LogP contribution >= 0.6 is 0 Å². The third kappa shape index (κ3) is 3.68. The predicted octanol–water partition coefficient (Wildman–Crippen LogP) is 3.60. The maximum atomic E-state index is 13.0. The summed E-state index contributed by atoms with van der Waals surface area (Å²) in [5.41, 5.74) is -1.34. The summed E-state index contributed by atoms with van der Waals surface area (Å²) in [7, 11) is 0. The SMILES string of the molecule is C/C=C(/C)C(=O)O[C@@H]1[C@H](OC(=O)[C@@]2(C)O[C@@H]2C)c2cc3ccc(=O)oc3cc2OC1(C)C. The molecule has 1 aromatic carbocycles. The molecule has 1 saturated heterocycles. The van der Waals surface area contributed by atoms with Gasteiger partial charge in [-0.05, 0) is 53.7 Å². The molecule has 0 saturated carbocycles. The van der Waals surface area contributed by atoms with Gasteiger partial charge in [0, 0.05) is 28.7 Å². The van der Waals surface area contributed by atoms with Crippen LogP contribution < -0.4 is 10.4 Å². The largest absolute Gasteiger partial charge is 0.483 e. The number of benzene rings is 1. The summed E-state index contributed by atoms with van der Waals surface area (Å²) in [6, 6.07) is 6.21. The van der Waals surface area contributed by atoms with Crippen molar-refractivity contribution in [3.63, 3.8) is 0 Å². The Bertz CT molecular complexity index is 1190. The Hall–Kier alpha value is -3.13. The van der Waals surface area contributed by atoms with Crippen molar-refractivity contribution < 1.29 is 33.0 Å². The minimum atomic E-state index is -1.06. The van der Waals surface area contributed by atoms with Gasteiger partial charge in [0.15, 0.2) is 17.8 Å². The lowest BCUT2D eigenvalue weighted by Gasteiger charge is -2.43. The molecule has 0 unspecified atom stereocenters. The second-order valence-electron chi connectivity index (χ2n) is 8.88. The number of esters is 2. The summed E-state index contributed by atoms with van der Waals surface area (Å²) in [5, 5.41) is 0.615. The van der Waals surface area contributed by atoms with E-state index in [9.17, 15) is 14.4 Å². The molecule has 3 heterocycles. The number of carbonyl (C=O) groups excluding carboxylic acids is 2. The molecule has 8 heteroatoms. The molecule has 4 atom stereocenters. The lowest BCUT2D eigenvalue weighted by Crippen LogP contribution is -2.52. The Morgan fingerprint density at radius 3 is 2.44 bits per heavy atom. The number of allylic oxidation sites excluding steroid dienone is 1. The molecule has 2 aliphatic rings. The van der Waals surface area contributed by atoms with Crippen molar-refractivity contribution in [2.75, 3.05) is 0 Å². The number of ether oxygens (including phenoxy) is 4. The fourth-order valence-corrected chi connectivity index (χ4v) is 3.73. The molecule has 0 bridgehead atoms. The van der Waals surface area contributed by atoms with E-state index in [1.807, 2.05) is 0 Å². The first-order valence-electron chi connectivity index (χ1n) is 10.5. The molecule has 0 spiro atoms. The highest BCUT2D eigenvalue weighted by Gasteiger charge is 2.59. The average Bonchev–Trinajstić information content (AvgIpc) is 3.35. The number of epoxide rings is 1. The minimum absolute atomic E-state index is 0.278. The van der Waals surface area contributed by atoms with E-state index in [1.165, 1.54) is 6.07 Å². The first-order chi connectivity index (χ1) is 15.0. The molecule has 0 radical (unpaired) electrons. The maximum Gasteiger partial charge on any atom is 0.341 e. The molecule has 2 aliphatic heterocycles. The van der Waals surface area contributed by atoms with Crippen molar-refractivity contribution in [1.82, 2.24) is 0 Å². The number of fused-ring (bicyclic) bond motifs is 2. The zero-order valence-electron chi connectivity index (χ0n) is 18.9. The molecule has 8 nitrogen and oxygen atoms in total. The van der Waals surface area contributed by atoms with Gasteiger partial charge in [0.05, 0.1) is 6.10 Å². The number of rotatable bonds is 4. The molecule has 32 heavy (non-hydrogen) atoms. The molecule has 1 aromatic heterocycles. The van der Waals surface area contributed by atoms with E-state index >= 15 is 0 Å². The Balaban J connectivity index is 1.82. The van der Waals surface area contributed by atoms with Crippen LogP contribution in [0, 0.1) is 0 Å². The molecule has 1 fully saturated rings. The Labute approximate surface area is 185 Å². The fourth-order valence-electron chi connectivity index (χ4n) is 3.73. The normalized spacial score (nSPS) is 28.4. The summed E-state index contributed by atoms with van der Waals surface area (Å²) >= 11 is 0. The van der Waals surface area contributed by atoms with Gasteiger partial charge in [-0.15, -0.1) is 0 Å². The second-order valence-corrected chi connectivity index (χ2v) is 8.88. The minimum Gasteiger partial charge on any atom is -0.483 e. The highest BCUT2D eigenvalue weighted by atomic mass is 16.7. The summed E-state index contributed by atoms with van der Waals surface area (Å²) in [6.07, 6.45) is -0.532. The number of hydrogen-bond acceptors (Lipinski definition) is 8. The van der Waals surface area contributed by atoms with Crippen LogP contribution in [0.3, 0.4) is 0 Å². The van der Waals surface area contributed by atoms with Crippen molar-refractivity contribution >= 4 is 22.9 Å². The van der Waals surface area contributed by atoms with Gasteiger partial charge in [-0.25, -0.2) is 14.4 Å². The smallest absolute Gasteiger partial charge is 0.341 e. The lowest BCUT2D eigenvalue weighted by atomic mass is 9.87. The summed E-state index contributed by atoms with van der Waals surface area (Å²) < 4.78 is 28.6. The highest BCUT2D eigenvalue weighted by Crippen LogP contribution is 2.47. The first kappa shape index (κ1) is 22.1. The number of hydrogen-bond donors (Lipinski definition) is 0.